The number of fused-ring (bicyclic) bond motifs is 1. The van der Waals surface area contributed by atoms with Crippen LogP contribution in [0.4, 0.5) is 32.0 Å². The van der Waals surface area contributed by atoms with Crippen LogP contribution in [0.1, 0.15) is 12.0 Å². The number of alkyl halides is 8. The summed E-state index contributed by atoms with van der Waals surface area (Å²) < 4.78 is 110. The predicted octanol–water partition coefficient (Wildman–Crippen LogP) is 5.91. The minimum Gasteiger partial charge on any atom is -0.482 e. The third-order valence-corrected chi connectivity index (χ3v) is 8.18. The van der Waals surface area contributed by atoms with Gasteiger partial charge in [-0.25, -0.2) is 25.6 Å². The highest BCUT2D eigenvalue weighted by molar-refractivity contribution is 7.90. The second-order valence-corrected chi connectivity index (χ2v) is 12.8. The fourth-order valence-electron chi connectivity index (χ4n) is 4.20. The quantitative estimate of drug-likeness (QED) is 0.245. The molecule has 0 radical (unpaired) electrons. The fourth-order valence-corrected chi connectivity index (χ4v) is 5.95. The van der Waals surface area contributed by atoms with Crippen molar-refractivity contribution in [2.24, 2.45) is 0 Å². The van der Waals surface area contributed by atoms with Gasteiger partial charge in [0, 0.05) is 43.3 Å². The van der Waals surface area contributed by atoms with Gasteiger partial charge in [-0.15, -0.1) is 0 Å². The lowest BCUT2D eigenvalue weighted by atomic mass is 10.2. The van der Waals surface area contributed by atoms with Gasteiger partial charge in [0.25, 0.3) is 26.1 Å². The molecule has 2 aromatic carbocycles. The van der Waals surface area contributed by atoms with Crippen molar-refractivity contribution in [2.45, 2.75) is 21.3 Å². The number of carbonyl (C=O) groups excluding carboxylic acids is 1. The van der Waals surface area contributed by atoms with Crippen molar-refractivity contribution in [2.75, 3.05) is 37.7 Å². The van der Waals surface area contributed by atoms with Crippen molar-refractivity contribution < 1.29 is 44.3 Å². The lowest BCUT2D eigenvalue weighted by Crippen LogP contribution is -2.51. The zero-order valence-corrected chi connectivity index (χ0v) is 23.0. The summed E-state index contributed by atoms with van der Waals surface area (Å²) >= 11 is 16.9. The summed E-state index contributed by atoms with van der Waals surface area (Å²) in [4.78, 5) is 14.4. The molecule has 0 atom stereocenters. The number of hydrogen-bond donors (Lipinski definition) is 0. The van der Waals surface area contributed by atoms with Crippen LogP contribution in [0.5, 0.6) is 5.75 Å². The van der Waals surface area contributed by atoms with Crippen LogP contribution in [0.3, 0.4) is 0 Å². The van der Waals surface area contributed by atoms with Crippen LogP contribution >= 0.6 is 34.8 Å². The molecule has 0 bridgehead atoms. The molecule has 0 N–H and O–H groups in total. The molecule has 0 spiro atoms. The van der Waals surface area contributed by atoms with Gasteiger partial charge in [-0.3, -0.25) is 4.79 Å². The third-order valence-electron chi connectivity index (χ3n) is 6.03. The maximum atomic E-state index is 14.0. The van der Waals surface area contributed by atoms with E-state index in [1.165, 1.54) is 9.80 Å². The molecule has 1 aliphatic heterocycles. The Bertz CT molecular complexity index is 1540. The Hall–Kier alpha value is -2.55. The van der Waals surface area contributed by atoms with E-state index in [1.807, 2.05) is 0 Å². The highest BCUT2D eigenvalue weighted by atomic mass is 35.6. The van der Waals surface area contributed by atoms with E-state index in [4.69, 9.17) is 39.5 Å². The highest BCUT2D eigenvalue weighted by Gasteiger charge is 2.37. The van der Waals surface area contributed by atoms with Gasteiger partial charge in [-0.2, -0.15) is 13.2 Å². The number of rotatable bonds is 6. The molecule has 1 fully saturated rings. The van der Waals surface area contributed by atoms with Gasteiger partial charge >= 0.3 is 6.18 Å². The van der Waals surface area contributed by atoms with Crippen LogP contribution in [0, 0.1) is 5.82 Å². The Morgan fingerprint density at radius 3 is 2.23 bits per heavy atom. The van der Waals surface area contributed by atoms with Crippen LogP contribution in [-0.2, 0) is 14.8 Å². The third kappa shape index (κ3) is 6.34. The first-order valence-electron chi connectivity index (χ1n) is 11.3. The number of hydrogen-bond acceptors (Lipinski definition) is 5. The molecule has 17 heteroatoms. The van der Waals surface area contributed by atoms with Crippen molar-refractivity contribution >= 4 is 67.3 Å². The van der Waals surface area contributed by atoms with Crippen molar-refractivity contribution in [1.29, 1.82) is 0 Å². The minimum atomic E-state index is -4.71. The zero-order chi connectivity index (χ0) is 29.6. The second-order valence-electron chi connectivity index (χ2n) is 8.66. The van der Waals surface area contributed by atoms with Gasteiger partial charge in [-0.05, 0) is 36.4 Å². The van der Waals surface area contributed by atoms with E-state index in [2.05, 4.69) is 0 Å². The minimum absolute atomic E-state index is 0.00838. The Morgan fingerprint density at radius 2 is 1.65 bits per heavy atom. The SMILES string of the molecule is O=C(N1CCN(c2cc(S(=O)(=O)n3cc(C(F)F)c4ccc(F)cc43)ccc2OCC(F)(F)F)CC1)C(Cl)(Cl)Cl. The molecule has 7 nitrogen and oxygen atoms in total. The van der Waals surface area contributed by atoms with Gasteiger partial charge < -0.3 is 14.5 Å². The summed E-state index contributed by atoms with van der Waals surface area (Å²) in [7, 11) is -4.66. The molecule has 1 aliphatic rings. The Balaban J connectivity index is 1.75. The monoisotopic (exact) mass is 651 g/mol. The standard InChI is InChI=1S/C23H18Cl3F6N3O4S/c24-23(25,26)21(36)34-7-5-33(6-8-34)18-10-14(2-4-19(18)39-12-22(30,31)32)40(37,38)35-11-16(20(28)29)15-3-1-13(27)9-17(15)35/h1-4,9-11,20H,5-8,12H2. The van der Waals surface area contributed by atoms with Crippen LogP contribution in [0.2, 0.25) is 0 Å². The van der Waals surface area contributed by atoms with Gasteiger partial charge in [0.1, 0.15) is 11.6 Å². The maximum Gasteiger partial charge on any atom is 0.422 e. The molecular formula is C23H18Cl3F6N3O4S. The van der Waals surface area contributed by atoms with E-state index in [9.17, 15) is 39.6 Å². The van der Waals surface area contributed by atoms with E-state index in [1.54, 1.807) is 0 Å². The first kappa shape index (κ1) is 30.4. The summed E-state index contributed by atoms with van der Waals surface area (Å²) in [6.07, 6.45) is -7.12. The lowest BCUT2D eigenvalue weighted by molar-refractivity contribution is -0.153. The van der Waals surface area contributed by atoms with E-state index in [0.717, 1.165) is 36.4 Å². The normalized spacial score (nSPS) is 15.2. The topological polar surface area (TPSA) is 71.9 Å². The van der Waals surface area contributed by atoms with Crippen LogP contribution < -0.4 is 9.64 Å². The number of nitrogens with zero attached hydrogens (tertiary/aromatic N) is 3. The fraction of sp³-hybridized carbons (Fsp3) is 0.348. The Kier molecular flexibility index (Phi) is 8.38. The summed E-state index contributed by atoms with van der Waals surface area (Å²) in [6.45, 7) is -1.75. The smallest absolute Gasteiger partial charge is 0.422 e. The van der Waals surface area contributed by atoms with Crippen molar-refractivity contribution in [3.8, 4) is 5.75 Å². The number of piperazine rings is 1. The van der Waals surface area contributed by atoms with Crippen molar-refractivity contribution in [3.05, 3.63) is 54.0 Å². The van der Waals surface area contributed by atoms with Crippen LogP contribution in [-0.4, -0.2) is 66.0 Å². The van der Waals surface area contributed by atoms with E-state index in [0.29, 0.717) is 10.2 Å². The maximum absolute atomic E-state index is 14.0. The molecule has 1 saturated heterocycles. The molecule has 1 amide bonds. The number of anilines is 1. The summed E-state index contributed by atoms with van der Waals surface area (Å²) in [5.74, 6) is -2.01. The lowest BCUT2D eigenvalue weighted by Gasteiger charge is -2.37. The molecule has 218 valence electrons. The number of carbonyl (C=O) groups is 1. The average molecular weight is 653 g/mol. The van der Waals surface area contributed by atoms with Crippen molar-refractivity contribution in [3.63, 3.8) is 0 Å². The molecule has 40 heavy (non-hydrogen) atoms. The van der Waals surface area contributed by atoms with E-state index in [-0.39, 0.29) is 48.5 Å². The molecule has 1 aromatic heterocycles. The predicted molar refractivity (Wildman–Crippen MR) is 137 cm³/mol. The largest absolute Gasteiger partial charge is 0.482 e. The first-order chi connectivity index (χ1) is 18.5. The molecule has 0 aliphatic carbocycles. The summed E-state index contributed by atoms with van der Waals surface area (Å²) in [5.41, 5.74) is -1.09. The van der Waals surface area contributed by atoms with E-state index >= 15 is 0 Å². The van der Waals surface area contributed by atoms with Gasteiger partial charge in [0.2, 0.25) is 0 Å². The van der Waals surface area contributed by atoms with Gasteiger partial charge in [-0.1, -0.05) is 34.8 Å². The van der Waals surface area contributed by atoms with E-state index < -0.39 is 55.2 Å². The molecule has 0 unspecified atom stereocenters. The average Bonchev–Trinajstić information content (AvgIpc) is 3.26. The highest BCUT2D eigenvalue weighted by Crippen LogP contribution is 2.37. The zero-order valence-electron chi connectivity index (χ0n) is 19.9. The van der Waals surface area contributed by atoms with Gasteiger partial charge in [0.05, 0.1) is 16.1 Å². The van der Waals surface area contributed by atoms with Gasteiger partial charge in [0.15, 0.2) is 6.61 Å². The molecule has 3 aromatic rings. The number of halogens is 9. The number of aromatic nitrogens is 1. The molecule has 4 rings (SSSR count). The number of amides is 1. The molecule has 2 heterocycles. The molecule has 0 saturated carbocycles. The Morgan fingerprint density at radius 1 is 1.00 bits per heavy atom. The van der Waals surface area contributed by atoms with Crippen LogP contribution in [0.25, 0.3) is 10.9 Å². The molecular weight excluding hydrogens is 635 g/mol. The summed E-state index contributed by atoms with van der Waals surface area (Å²) in [6, 6.07) is 5.66. The number of benzene rings is 2. The summed E-state index contributed by atoms with van der Waals surface area (Å²) in [5, 5.41) is -0.194. The van der Waals surface area contributed by atoms with Crippen LogP contribution in [0.15, 0.2) is 47.5 Å². The second kappa shape index (κ2) is 11.0. The number of ether oxygens (including phenoxy) is 1. The van der Waals surface area contributed by atoms with Crippen molar-refractivity contribution in [1.82, 2.24) is 8.87 Å². The first-order valence-corrected chi connectivity index (χ1v) is 13.9. The Labute approximate surface area is 238 Å².